The summed E-state index contributed by atoms with van der Waals surface area (Å²) in [5.74, 6) is 0.367. The van der Waals surface area contributed by atoms with Crippen molar-refractivity contribution in [3.05, 3.63) is 51.5 Å². The van der Waals surface area contributed by atoms with Gasteiger partial charge < -0.3 is 10.5 Å². The highest BCUT2D eigenvalue weighted by Crippen LogP contribution is 2.34. The zero-order chi connectivity index (χ0) is 15.4. The van der Waals surface area contributed by atoms with Gasteiger partial charge in [0.25, 0.3) is 5.69 Å². The van der Waals surface area contributed by atoms with Gasteiger partial charge in [0.1, 0.15) is 11.4 Å². The van der Waals surface area contributed by atoms with E-state index in [-0.39, 0.29) is 11.4 Å². The third-order valence-electron chi connectivity index (χ3n) is 2.62. The Morgan fingerprint density at radius 1 is 1.19 bits per heavy atom. The van der Waals surface area contributed by atoms with Crippen LogP contribution in [0.15, 0.2) is 46.6 Å². The number of nitrogens with two attached hydrogens (primary N) is 1. The Kier molecular flexibility index (Phi) is 4.34. The Morgan fingerprint density at radius 2 is 1.86 bits per heavy atom. The number of halogens is 1. The Balaban J connectivity index is 2.38. The molecule has 0 heterocycles. The van der Waals surface area contributed by atoms with E-state index >= 15 is 0 Å². The number of hydrogen-bond donors (Lipinski definition) is 1. The Hall–Kier alpha value is -2.67. The van der Waals surface area contributed by atoms with Gasteiger partial charge in [-0.2, -0.15) is 0 Å². The molecule has 0 unspecified atom stereocenters. The lowest BCUT2D eigenvalue weighted by Gasteiger charge is -2.01. The van der Waals surface area contributed by atoms with Gasteiger partial charge in [0, 0.05) is 5.69 Å². The summed E-state index contributed by atoms with van der Waals surface area (Å²) >= 11 is 5.96. The third kappa shape index (κ3) is 3.46. The minimum Gasteiger partial charge on any atom is -0.496 e. The van der Waals surface area contributed by atoms with Crippen LogP contribution in [0.1, 0.15) is 0 Å². The minimum absolute atomic E-state index is 0.105. The molecule has 0 bridgehead atoms. The van der Waals surface area contributed by atoms with Crippen LogP contribution in [0, 0.1) is 10.1 Å². The summed E-state index contributed by atoms with van der Waals surface area (Å²) < 4.78 is 4.94. The van der Waals surface area contributed by atoms with Crippen LogP contribution in [-0.2, 0) is 0 Å². The molecular weight excluding hydrogens is 296 g/mol. The maximum Gasteiger partial charge on any atom is 0.300 e. The number of rotatable bonds is 4. The molecule has 0 saturated heterocycles. The van der Waals surface area contributed by atoms with Gasteiger partial charge in [0.2, 0.25) is 0 Å². The second-order valence-electron chi connectivity index (χ2n) is 4.02. The summed E-state index contributed by atoms with van der Waals surface area (Å²) in [6.45, 7) is 0. The van der Waals surface area contributed by atoms with Crippen LogP contribution < -0.4 is 10.5 Å². The summed E-state index contributed by atoms with van der Waals surface area (Å²) in [4.78, 5) is 10.5. The van der Waals surface area contributed by atoms with Gasteiger partial charge in [-0.25, -0.2) is 0 Å². The second kappa shape index (κ2) is 6.19. The first kappa shape index (κ1) is 14.7. The predicted molar refractivity (Wildman–Crippen MR) is 79.7 cm³/mol. The number of azo groups is 1. The van der Waals surface area contributed by atoms with E-state index in [4.69, 9.17) is 22.1 Å². The van der Waals surface area contributed by atoms with Crippen LogP contribution in [0.3, 0.4) is 0 Å². The number of nitro benzene ring substituents is 1. The lowest BCUT2D eigenvalue weighted by atomic mass is 10.2. The molecule has 0 aliphatic carbocycles. The van der Waals surface area contributed by atoms with E-state index in [2.05, 4.69) is 10.2 Å². The summed E-state index contributed by atoms with van der Waals surface area (Å²) in [6.07, 6.45) is 0. The van der Waals surface area contributed by atoms with Gasteiger partial charge in [0.15, 0.2) is 5.69 Å². The van der Waals surface area contributed by atoms with Crippen LogP contribution in [0.4, 0.5) is 22.7 Å². The third-order valence-corrected chi connectivity index (χ3v) is 2.92. The molecule has 2 aromatic carbocycles. The van der Waals surface area contributed by atoms with Crippen molar-refractivity contribution in [2.45, 2.75) is 0 Å². The molecule has 2 aromatic rings. The van der Waals surface area contributed by atoms with Crippen molar-refractivity contribution in [3.63, 3.8) is 0 Å². The van der Waals surface area contributed by atoms with Crippen LogP contribution in [0.5, 0.6) is 5.75 Å². The van der Waals surface area contributed by atoms with E-state index in [9.17, 15) is 10.1 Å². The number of anilines is 1. The summed E-state index contributed by atoms with van der Waals surface area (Å²) in [5, 5.41) is 19.1. The topological polar surface area (TPSA) is 103 Å². The molecule has 0 radical (unpaired) electrons. The van der Waals surface area contributed by atoms with Crippen molar-refractivity contribution in [1.29, 1.82) is 0 Å². The summed E-state index contributed by atoms with van der Waals surface area (Å²) in [5.41, 5.74) is 6.34. The van der Waals surface area contributed by atoms with Crippen LogP contribution in [-0.4, -0.2) is 12.0 Å². The molecule has 0 aromatic heterocycles. The average molecular weight is 307 g/mol. The van der Waals surface area contributed by atoms with Crippen LogP contribution in [0.2, 0.25) is 5.02 Å². The van der Waals surface area contributed by atoms with Crippen molar-refractivity contribution in [2.24, 2.45) is 10.2 Å². The molecule has 7 nitrogen and oxygen atoms in total. The molecule has 0 spiro atoms. The molecule has 0 aliphatic rings. The number of nitrogens with zero attached hydrogens (tertiary/aromatic N) is 3. The highest BCUT2D eigenvalue weighted by Gasteiger charge is 2.15. The fraction of sp³-hybridized carbons (Fsp3) is 0.0769. The fourth-order valence-electron chi connectivity index (χ4n) is 1.57. The fourth-order valence-corrected chi connectivity index (χ4v) is 1.80. The Labute approximate surface area is 125 Å². The van der Waals surface area contributed by atoms with Crippen molar-refractivity contribution in [2.75, 3.05) is 12.8 Å². The summed E-state index contributed by atoms with van der Waals surface area (Å²) in [7, 11) is 1.42. The highest BCUT2D eigenvalue weighted by atomic mass is 35.5. The van der Waals surface area contributed by atoms with E-state index in [0.29, 0.717) is 22.1 Å². The van der Waals surface area contributed by atoms with Crippen molar-refractivity contribution < 1.29 is 9.66 Å². The number of benzene rings is 2. The number of ether oxygens (including phenoxy) is 1. The first-order chi connectivity index (χ1) is 10.0. The predicted octanol–water partition coefficient (Wildman–Crippen LogP) is 4.25. The first-order valence-electron chi connectivity index (χ1n) is 5.80. The zero-order valence-corrected chi connectivity index (χ0v) is 11.7. The molecule has 0 amide bonds. The van der Waals surface area contributed by atoms with Gasteiger partial charge in [-0.1, -0.05) is 11.6 Å². The number of methoxy groups -OCH3 is 1. The van der Waals surface area contributed by atoms with Crippen molar-refractivity contribution in [3.8, 4) is 5.75 Å². The first-order valence-corrected chi connectivity index (χ1v) is 6.18. The van der Waals surface area contributed by atoms with Crippen LogP contribution in [0.25, 0.3) is 0 Å². The van der Waals surface area contributed by atoms with Gasteiger partial charge in [-0.15, -0.1) is 10.2 Å². The monoisotopic (exact) mass is 306 g/mol. The number of nitrogen functional groups attached to an aromatic ring is 1. The van der Waals surface area contributed by atoms with Crippen molar-refractivity contribution >= 4 is 34.4 Å². The van der Waals surface area contributed by atoms with Gasteiger partial charge >= 0.3 is 0 Å². The summed E-state index contributed by atoms with van der Waals surface area (Å²) in [6, 6.07) is 9.01. The lowest BCUT2D eigenvalue weighted by Crippen LogP contribution is -1.90. The van der Waals surface area contributed by atoms with E-state index < -0.39 is 4.92 Å². The molecule has 0 atom stereocenters. The second-order valence-corrected chi connectivity index (χ2v) is 4.43. The smallest absolute Gasteiger partial charge is 0.300 e. The average Bonchev–Trinajstić information content (AvgIpc) is 2.46. The molecule has 2 rings (SSSR count). The number of nitro groups is 1. The molecule has 0 saturated carbocycles. The standard InChI is InChI=1S/C13H11ClN4O3/c1-21-9-3-5-12(13(7-9)18(19)20)17-16-11-4-2-8(15)6-10(11)14/h2-7H,15H2,1H3. The van der Waals surface area contributed by atoms with E-state index in [1.54, 1.807) is 18.2 Å². The molecule has 8 heteroatoms. The Bertz CT molecular complexity index is 719. The van der Waals surface area contributed by atoms with E-state index in [1.807, 2.05) is 0 Å². The highest BCUT2D eigenvalue weighted by molar-refractivity contribution is 6.33. The number of hydrogen-bond acceptors (Lipinski definition) is 6. The van der Waals surface area contributed by atoms with Gasteiger partial charge in [-0.05, 0) is 30.3 Å². The molecule has 108 valence electrons. The largest absolute Gasteiger partial charge is 0.496 e. The zero-order valence-electron chi connectivity index (χ0n) is 11.0. The van der Waals surface area contributed by atoms with E-state index in [0.717, 1.165) is 0 Å². The Morgan fingerprint density at radius 3 is 2.48 bits per heavy atom. The molecule has 0 fully saturated rings. The molecule has 2 N–H and O–H groups in total. The lowest BCUT2D eigenvalue weighted by molar-refractivity contribution is -0.384. The SMILES string of the molecule is COc1ccc(N=Nc2ccc(N)cc2Cl)c([N+](=O)[O-])c1. The molecule has 0 aliphatic heterocycles. The molecular formula is C13H11ClN4O3. The van der Waals surface area contributed by atoms with Crippen molar-refractivity contribution in [1.82, 2.24) is 0 Å². The van der Waals surface area contributed by atoms with Gasteiger partial charge in [-0.3, -0.25) is 10.1 Å². The van der Waals surface area contributed by atoms with Crippen LogP contribution >= 0.6 is 11.6 Å². The minimum atomic E-state index is -0.554. The van der Waals surface area contributed by atoms with E-state index in [1.165, 1.54) is 25.3 Å². The van der Waals surface area contributed by atoms with Gasteiger partial charge in [0.05, 0.1) is 23.1 Å². The normalized spacial score (nSPS) is 10.8. The maximum atomic E-state index is 11.0. The quantitative estimate of drug-likeness (QED) is 0.394. The maximum absolute atomic E-state index is 11.0. The molecule has 21 heavy (non-hydrogen) atoms.